The fraction of sp³-hybridized carbons (Fsp3) is 0.200. The summed E-state index contributed by atoms with van der Waals surface area (Å²) in [6.07, 6.45) is 5.07. The summed E-state index contributed by atoms with van der Waals surface area (Å²) >= 11 is 0. The molecule has 49 heavy (non-hydrogen) atoms. The molecule has 0 amide bonds. The number of nitrogens with zero attached hydrogens (tertiary/aromatic N) is 2. The van der Waals surface area contributed by atoms with Gasteiger partial charge in [-0.05, 0) is 106 Å². The average Bonchev–Trinajstić information content (AvgIpc) is 3.14. The smallest absolute Gasteiger partial charge is 0.252 e. The highest BCUT2D eigenvalue weighted by atomic mass is 15.2. The van der Waals surface area contributed by atoms with Gasteiger partial charge in [0.25, 0.3) is 6.71 Å². The Bertz CT molecular complexity index is 2120. The SMILES string of the molecule is CC1(C)CCCCC1(C)c1cccc2c1Nc1cccc3c1B2c1ccc(N(c2ccccc2)c2ccccc2)cc1N3c1ccccc1. The van der Waals surface area contributed by atoms with Crippen LogP contribution in [0.15, 0.2) is 146 Å². The molecule has 0 bridgehead atoms. The molecule has 1 N–H and O–H groups in total. The minimum absolute atomic E-state index is 0.0853. The molecule has 0 saturated heterocycles. The highest BCUT2D eigenvalue weighted by molar-refractivity contribution is 7.00. The van der Waals surface area contributed by atoms with E-state index >= 15 is 0 Å². The molecule has 0 spiro atoms. The summed E-state index contributed by atoms with van der Waals surface area (Å²) in [7, 11) is 0. The largest absolute Gasteiger partial charge is 0.356 e. The molecule has 1 aliphatic carbocycles. The summed E-state index contributed by atoms with van der Waals surface area (Å²) in [4.78, 5) is 4.85. The molecular weight excluding hydrogens is 593 g/mol. The third-order valence-corrected chi connectivity index (χ3v) is 12.0. The van der Waals surface area contributed by atoms with Crippen LogP contribution < -0.4 is 31.5 Å². The molecule has 3 nitrogen and oxygen atoms in total. The highest BCUT2D eigenvalue weighted by Gasteiger charge is 2.48. The lowest BCUT2D eigenvalue weighted by molar-refractivity contribution is 0.110. The van der Waals surface area contributed by atoms with Crippen LogP contribution >= 0.6 is 0 Å². The van der Waals surface area contributed by atoms with Crippen molar-refractivity contribution in [1.29, 1.82) is 0 Å². The van der Waals surface area contributed by atoms with Crippen LogP contribution in [-0.4, -0.2) is 6.71 Å². The van der Waals surface area contributed by atoms with E-state index in [0.717, 1.165) is 22.7 Å². The normalized spacial score (nSPS) is 18.5. The predicted octanol–water partition coefficient (Wildman–Crippen LogP) is 10.4. The zero-order chi connectivity index (χ0) is 33.2. The van der Waals surface area contributed by atoms with Gasteiger partial charge >= 0.3 is 0 Å². The van der Waals surface area contributed by atoms with E-state index in [0.29, 0.717) is 0 Å². The first-order chi connectivity index (χ1) is 23.9. The van der Waals surface area contributed by atoms with E-state index in [4.69, 9.17) is 0 Å². The van der Waals surface area contributed by atoms with Crippen LogP contribution in [0.1, 0.15) is 52.0 Å². The maximum Gasteiger partial charge on any atom is 0.252 e. The summed E-state index contributed by atoms with van der Waals surface area (Å²) < 4.78 is 0. The van der Waals surface area contributed by atoms with Crippen molar-refractivity contribution in [2.24, 2.45) is 5.41 Å². The van der Waals surface area contributed by atoms with Crippen LogP contribution in [0, 0.1) is 5.41 Å². The molecule has 6 aromatic carbocycles. The average molecular weight is 636 g/mol. The Hall–Kier alpha value is -5.22. The van der Waals surface area contributed by atoms with Gasteiger partial charge in [0.15, 0.2) is 0 Å². The molecule has 0 radical (unpaired) electrons. The van der Waals surface area contributed by atoms with Gasteiger partial charge in [-0.3, -0.25) is 0 Å². The molecule has 2 heterocycles. The van der Waals surface area contributed by atoms with E-state index in [2.05, 4.69) is 181 Å². The molecule has 2 aliphatic heterocycles. The van der Waals surface area contributed by atoms with Crippen molar-refractivity contribution in [3.05, 3.63) is 151 Å². The number of hydrogen-bond acceptors (Lipinski definition) is 3. The lowest BCUT2D eigenvalue weighted by atomic mass is 9.33. The van der Waals surface area contributed by atoms with Crippen LogP contribution in [0.2, 0.25) is 0 Å². The Morgan fingerprint density at radius 3 is 1.94 bits per heavy atom. The molecule has 1 unspecified atom stereocenters. The summed E-state index contributed by atoms with van der Waals surface area (Å²) in [6.45, 7) is 7.61. The molecule has 9 rings (SSSR count). The van der Waals surface area contributed by atoms with E-state index in [1.54, 1.807) is 0 Å². The summed E-state index contributed by atoms with van der Waals surface area (Å²) in [5.41, 5.74) is 15.4. The third kappa shape index (κ3) is 4.64. The number of para-hydroxylation sites is 4. The standard InChI is InChI=1S/C45H42BN3/c1-44(2)29-13-14-30-45(44,3)36-23-15-24-38-43(36)47-39-25-16-26-40-42(39)46(38)37-28-27-35(31-41(37)49(40)34-21-11-6-12-22-34)48(32-17-7-4-8-18-32)33-19-9-5-10-20-33/h4-12,15-28,31,47H,13-14,29-30H2,1-3H3. The van der Waals surface area contributed by atoms with Gasteiger partial charge in [0.05, 0.1) is 0 Å². The van der Waals surface area contributed by atoms with Crippen molar-refractivity contribution in [2.75, 3.05) is 15.1 Å². The Kier molecular flexibility index (Phi) is 6.98. The zero-order valence-electron chi connectivity index (χ0n) is 28.7. The highest BCUT2D eigenvalue weighted by Crippen LogP contribution is 2.54. The van der Waals surface area contributed by atoms with Crippen LogP contribution in [0.4, 0.5) is 45.5 Å². The zero-order valence-corrected chi connectivity index (χ0v) is 28.7. The third-order valence-electron chi connectivity index (χ3n) is 12.0. The molecule has 0 aromatic heterocycles. The van der Waals surface area contributed by atoms with Gasteiger partial charge in [-0.1, -0.05) is 119 Å². The van der Waals surface area contributed by atoms with E-state index in [1.807, 2.05) is 0 Å². The van der Waals surface area contributed by atoms with E-state index in [9.17, 15) is 0 Å². The maximum atomic E-state index is 4.05. The number of benzene rings is 6. The topological polar surface area (TPSA) is 18.5 Å². The first-order valence-corrected chi connectivity index (χ1v) is 17.9. The molecular formula is C45H42BN3. The van der Waals surface area contributed by atoms with Gasteiger partial charge < -0.3 is 15.1 Å². The van der Waals surface area contributed by atoms with E-state index < -0.39 is 0 Å². The second-order valence-electron chi connectivity index (χ2n) is 14.9. The second-order valence-corrected chi connectivity index (χ2v) is 14.9. The minimum atomic E-state index is 0.0853. The van der Waals surface area contributed by atoms with Gasteiger partial charge in [-0.15, -0.1) is 0 Å². The van der Waals surface area contributed by atoms with Crippen LogP contribution in [-0.2, 0) is 5.41 Å². The van der Waals surface area contributed by atoms with Gasteiger partial charge in [-0.25, -0.2) is 0 Å². The Balaban J connectivity index is 1.29. The van der Waals surface area contributed by atoms with Crippen molar-refractivity contribution >= 4 is 68.6 Å². The molecule has 4 heteroatoms. The van der Waals surface area contributed by atoms with Crippen molar-refractivity contribution in [1.82, 2.24) is 0 Å². The van der Waals surface area contributed by atoms with Gasteiger partial charge in [0, 0.05) is 45.5 Å². The van der Waals surface area contributed by atoms with E-state index in [-0.39, 0.29) is 17.5 Å². The Labute approximate surface area is 291 Å². The quantitative estimate of drug-likeness (QED) is 0.190. The minimum Gasteiger partial charge on any atom is -0.356 e. The summed E-state index contributed by atoms with van der Waals surface area (Å²) in [6, 6.07) is 53.4. The Morgan fingerprint density at radius 2 is 1.24 bits per heavy atom. The summed E-state index contributed by atoms with van der Waals surface area (Å²) in [5, 5.41) is 4.05. The Morgan fingerprint density at radius 1 is 0.592 bits per heavy atom. The molecule has 6 aromatic rings. The van der Waals surface area contributed by atoms with Crippen LogP contribution in [0.5, 0.6) is 0 Å². The molecule has 1 atom stereocenters. The fourth-order valence-corrected chi connectivity index (χ4v) is 9.04. The monoisotopic (exact) mass is 635 g/mol. The van der Waals surface area contributed by atoms with Gasteiger partial charge in [-0.2, -0.15) is 0 Å². The number of fused-ring (bicyclic) bond motifs is 4. The lowest BCUT2D eigenvalue weighted by Crippen LogP contribution is -2.60. The number of nitrogens with one attached hydrogen (secondary N) is 1. The van der Waals surface area contributed by atoms with Crippen molar-refractivity contribution in [3.63, 3.8) is 0 Å². The first kappa shape index (κ1) is 29.9. The van der Waals surface area contributed by atoms with Gasteiger partial charge in [0.2, 0.25) is 0 Å². The first-order valence-electron chi connectivity index (χ1n) is 17.9. The summed E-state index contributed by atoms with van der Waals surface area (Å²) in [5.74, 6) is 0. The molecule has 240 valence electrons. The molecule has 3 aliphatic rings. The predicted molar refractivity (Wildman–Crippen MR) is 210 cm³/mol. The fourth-order valence-electron chi connectivity index (χ4n) is 9.04. The van der Waals surface area contributed by atoms with Crippen molar-refractivity contribution in [3.8, 4) is 0 Å². The number of rotatable bonds is 5. The second kappa shape index (κ2) is 11.4. The van der Waals surface area contributed by atoms with E-state index in [1.165, 1.54) is 70.4 Å². The molecule has 1 fully saturated rings. The van der Waals surface area contributed by atoms with Crippen molar-refractivity contribution in [2.45, 2.75) is 51.9 Å². The number of hydrogen-bond donors (Lipinski definition) is 1. The van der Waals surface area contributed by atoms with Crippen LogP contribution in [0.25, 0.3) is 0 Å². The van der Waals surface area contributed by atoms with Crippen LogP contribution in [0.3, 0.4) is 0 Å². The number of anilines is 8. The van der Waals surface area contributed by atoms with Crippen molar-refractivity contribution < 1.29 is 0 Å². The maximum absolute atomic E-state index is 4.05. The lowest BCUT2D eigenvalue weighted by Gasteiger charge is -2.50. The van der Waals surface area contributed by atoms with Gasteiger partial charge in [0.1, 0.15) is 0 Å². The molecule has 1 saturated carbocycles.